The quantitative estimate of drug-likeness (QED) is 0.239. The van der Waals surface area contributed by atoms with Crippen LogP contribution in [0.25, 0.3) is 22.5 Å². The average molecular weight is 601 g/mol. The normalized spacial score (nSPS) is 16.6. The molecule has 0 aliphatic carbocycles. The number of hydrogen-bond acceptors (Lipinski definition) is 5. The van der Waals surface area contributed by atoms with Gasteiger partial charge in [-0.15, -0.1) is 0 Å². The number of aromatic nitrogens is 2. The molecule has 4 aromatic rings. The highest BCUT2D eigenvalue weighted by molar-refractivity contribution is 9.10. The number of anilines is 1. The molecule has 8 heteroatoms. The van der Waals surface area contributed by atoms with Gasteiger partial charge >= 0.3 is 0 Å². The van der Waals surface area contributed by atoms with Gasteiger partial charge in [-0.1, -0.05) is 75.9 Å². The number of aryl methyl sites for hydroxylation is 1. The van der Waals surface area contributed by atoms with E-state index in [1.807, 2.05) is 65.6 Å². The molecule has 1 amide bonds. The van der Waals surface area contributed by atoms with Crippen LogP contribution in [0.1, 0.15) is 30.4 Å². The molecule has 0 N–H and O–H groups in total. The Balaban J connectivity index is 1.45. The Labute approximate surface area is 241 Å². The highest BCUT2D eigenvalue weighted by atomic mass is 79.9. The first kappa shape index (κ1) is 25.9. The zero-order valence-corrected chi connectivity index (χ0v) is 23.9. The minimum atomic E-state index is -0.133. The molecule has 3 heterocycles. The summed E-state index contributed by atoms with van der Waals surface area (Å²) in [4.78, 5) is 32.4. The van der Waals surface area contributed by atoms with Crippen LogP contribution in [0, 0.1) is 6.92 Å². The Hall–Kier alpha value is -3.39. The summed E-state index contributed by atoms with van der Waals surface area (Å²) in [6, 6.07) is 23.5. The first-order valence-electron chi connectivity index (χ1n) is 13.1. The van der Waals surface area contributed by atoms with Gasteiger partial charge in [0, 0.05) is 26.2 Å². The molecule has 2 aliphatic rings. The third-order valence-electron chi connectivity index (χ3n) is 7.16. The van der Waals surface area contributed by atoms with Crippen molar-refractivity contribution >= 4 is 50.8 Å². The van der Waals surface area contributed by atoms with Crippen LogP contribution in [0.3, 0.4) is 0 Å². The van der Waals surface area contributed by atoms with Gasteiger partial charge in [-0.3, -0.25) is 14.6 Å². The third kappa shape index (κ3) is 5.53. The molecule has 2 aliphatic heterocycles. The van der Waals surface area contributed by atoms with Gasteiger partial charge in [-0.05, 0) is 69.3 Å². The van der Waals surface area contributed by atoms with Gasteiger partial charge in [0.1, 0.15) is 5.71 Å². The Morgan fingerprint density at radius 3 is 2.18 bits per heavy atom. The van der Waals surface area contributed by atoms with Gasteiger partial charge in [-0.2, -0.15) is 0 Å². The number of carbonyl (C=O) groups excluding carboxylic acids is 1. The number of rotatable bonds is 5. The molecule has 3 aromatic carbocycles. The van der Waals surface area contributed by atoms with Crippen LogP contribution in [-0.4, -0.2) is 46.2 Å². The molecule has 0 spiro atoms. The van der Waals surface area contributed by atoms with Gasteiger partial charge < -0.3 is 0 Å². The second-order valence-electron chi connectivity index (χ2n) is 9.99. The van der Waals surface area contributed by atoms with Crippen molar-refractivity contribution in [1.82, 2.24) is 14.9 Å². The number of fused-ring (bicyclic) bond motifs is 1. The highest BCUT2D eigenvalue weighted by Gasteiger charge is 2.35. The van der Waals surface area contributed by atoms with Crippen LogP contribution in [-0.2, 0) is 4.79 Å². The van der Waals surface area contributed by atoms with Crippen molar-refractivity contribution in [2.45, 2.75) is 26.2 Å². The van der Waals surface area contributed by atoms with Crippen molar-refractivity contribution in [1.29, 1.82) is 0 Å². The molecular formula is C31H27BrClN5O. The Morgan fingerprint density at radius 2 is 1.51 bits per heavy atom. The number of likely N-dealkylation sites (tertiary alicyclic amines) is 1. The van der Waals surface area contributed by atoms with E-state index in [1.165, 1.54) is 12.0 Å². The standard InChI is InChI=1S/C31H27BrClN5O/c1-20-5-7-21(8-6-20)26-18-27(22-9-12-24(33)13-10-22)35-31(34-26)36-29-25-17-23(32)11-14-28(25)38(30(29)39)19-37-15-3-2-4-16-37/h5-14,17-18H,2-4,15-16,19H2,1H3/b36-29-. The van der Waals surface area contributed by atoms with E-state index >= 15 is 0 Å². The number of benzene rings is 3. The van der Waals surface area contributed by atoms with E-state index < -0.39 is 0 Å². The Kier molecular flexibility index (Phi) is 7.30. The average Bonchev–Trinajstić information content (AvgIpc) is 3.19. The molecule has 0 atom stereocenters. The van der Waals surface area contributed by atoms with Crippen molar-refractivity contribution in [3.63, 3.8) is 0 Å². The Morgan fingerprint density at radius 1 is 0.872 bits per heavy atom. The second kappa shape index (κ2) is 11.0. The molecule has 196 valence electrons. The molecule has 0 unspecified atom stereocenters. The van der Waals surface area contributed by atoms with E-state index in [1.54, 1.807) is 0 Å². The SMILES string of the molecule is Cc1ccc(-c2cc(-c3ccc(Cl)cc3)nc(/N=C3\C(=O)N(CN4CCCCC4)c4ccc(Br)cc43)n2)cc1. The zero-order valence-electron chi connectivity index (χ0n) is 21.6. The smallest absolute Gasteiger partial charge is 0.278 e. The number of nitrogens with zero attached hydrogens (tertiary/aromatic N) is 5. The number of piperidine rings is 1. The number of halogens is 2. The van der Waals surface area contributed by atoms with E-state index in [0.717, 1.165) is 58.5 Å². The zero-order chi connectivity index (χ0) is 26.9. The molecule has 6 nitrogen and oxygen atoms in total. The van der Waals surface area contributed by atoms with Crippen LogP contribution >= 0.6 is 27.5 Å². The van der Waals surface area contributed by atoms with Crippen molar-refractivity contribution in [3.05, 3.63) is 93.4 Å². The maximum atomic E-state index is 13.8. The predicted octanol–water partition coefficient (Wildman–Crippen LogP) is 7.45. The van der Waals surface area contributed by atoms with E-state index in [-0.39, 0.29) is 11.9 Å². The summed E-state index contributed by atoms with van der Waals surface area (Å²) in [5, 5.41) is 0.652. The van der Waals surface area contributed by atoms with Gasteiger partial charge in [0.2, 0.25) is 0 Å². The fourth-order valence-corrected chi connectivity index (χ4v) is 5.55. The van der Waals surface area contributed by atoms with E-state index in [9.17, 15) is 4.79 Å². The lowest BCUT2D eigenvalue weighted by molar-refractivity contribution is -0.112. The second-order valence-corrected chi connectivity index (χ2v) is 11.3. The highest BCUT2D eigenvalue weighted by Crippen LogP contribution is 2.34. The topological polar surface area (TPSA) is 61.7 Å². The molecule has 0 bridgehead atoms. The van der Waals surface area contributed by atoms with E-state index in [2.05, 4.69) is 39.9 Å². The molecule has 6 rings (SSSR count). The van der Waals surface area contributed by atoms with Crippen molar-refractivity contribution in [2.24, 2.45) is 4.99 Å². The molecule has 0 radical (unpaired) electrons. The van der Waals surface area contributed by atoms with Crippen molar-refractivity contribution in [2.75, 3.05) is 24.7 Å². The predicted molar refractivity (Wildman–Crippen MR) is 161 cm³/mol. The molecule has 1 saturated heterocycles. The lowest BCUT2D eigenvalue weighted by atomic mass is 10.1. The minimum absolute atomic E-state index is 0.133. The van der Waals surface area contributed by atoms with Gasteiger partial charge in [-0.25, -0.2) is 15.0 Å². The summed E-state index contributed by atoms with van der Waals surface area (Å²) in [5.41, 5.74) is 6.45. The van der Waals surface area contributed by atoms with Crippen LogP contribution in [0.15, 0.2) is 82.3 Å². The minimum Gasteiger partial charge on any atom is -0.293 e. The maximum absolute atomic E-state index is 13.8. The van der Waals surface area contributed by atoms with Gasteiger partial charge in [0.15, 0.2) is 0 Å². The fourth-order valence-electron chi connectivity index (χ4n) is 5.06. The van der Waals surface area contributed by atoms with Crippen LogP contribution in [0.4, 0.5) is 11.6 Å². The number of carbonyl (C=O) groups is 1. The summed E-state index contributed by atoms with van der Waals surface area (Å²) >= 11 is 9.72. The van der Waals surface area contributed by atoms with E-state index in [4.69, 9.17) is 26.6 Å². The number of aliphatic imine (C=N–C) groups is 1. The van der Waals surface area contributed by atoms with Crippen LogP contribution in [0.2, 0.25) is 5.02 Å². The summed E-state index contributed by atoms with van der Waals surface area (Å²) < 4.78 is 0.887. The summed E-state index contributed by atoms with van der Waals surface area (Å²) in [6.45, 7) is 4.59. The van der Waals surface area contributed by atoms with Gasteiger partial charge in [0.25, 0.3) is 11.9 Å². The lowest BCUT2D eigenvalue weighted by Crippen LogP contribution is -2.43. The Bertz CT molecular complexity index is 1500. The first-order chi connectivity index (χ1) is 18.9. The van der Waals surface area contributed by atoms with E-state index in [0.29, 0.717) is 23.1 Å². The van der Waals surface area contributed by atoms with Crippen molar-refractivity contribution in [3.8, 4) is 22.5 Å². The first-order valence-corrected chi connectivity index (χ1v) is 14.3. The lowest BCUT2D eigenvalue weighted by Gasteiger charge is -2.30. The largest absolute Gasteiger partial charge is 0.293 e. The molecular weight excluding hydrogens is 574 g/mol. The summed E-state index contributed by atoms with van der Waals surface area (Å²) in [6.07, 6.45) is 3.55. The van der Waals surface area contributed by atoms with Crippen molar-refractivity contribution < 1.29 is 4.79 Å². The van der Waals surface area contributed by atoms with Gasteiger partial charge in [0.05, 0.1) is 23.7 Å². The molecule has 39 heavy (non-hydrogen) atoms. The summed E-state index contributed by atoms with van der Waals surface area (Å²) in [5.74, 6) is 0.109. The number of amides is 1. The number of hydrogen-bond donors (Lipinski definition) is 0. The van der Waals surface area contributed by atoms with Crippen LogP contribution < -0.4 is 4.90 Å². The maximum Gasteiger partial charge on any atom is 0.278 e. The third-order valence-corrected chi connectivity index (χ3v) is 7.90. The monoisotopic (exact) mass is 599 g/mol. The molecule has 0 saturated carbocycles. The van der Waals surface area contributed by atoms with Crippen LogP contribution in [0.5, 0.6) is 0 Å². The fraction of sp³-hybridized carbons (Fsp3) is 0.226. The molecule has 1 fully saturated rings. The summed E-state index contributed by atoms with van der Waals surface area (Å²) in [7, 11) is 0. The molecule has 1 aromatic heterocycles.